The number of likely N-dealkylation sites (tertiary alicyclic amines) is 2. The van der Waals surface area contributed by atoms with Crippen LogP contribution in [0.25, 0.3) is 0 Å². The van der Waals surface area contributed by atoms with Crippen LogP contribution in [-0.2, 0) is 11.3 Å². The third-order valence-corrected chi connectivity index (χ3v) is 5.94. The fourth-order valence-corrected chi connectivity index (χ4v) is 4.25. The number of piperidine rings is 1. The summed E-state index contributed by atoms with van der Waals surface area (Å²) in [5.41, 5.74) is 1.38. The maximum absolute atomic E-state index is 11.7. The Hall–Kier alpha value is -2.67. The number of rotatable bonds is 9. The molecule has 1 aromatic heterocycles. The molecule has 2 saturated heterocycles. The number of carbonyl (C=O) groups is 1. The van der Waals surface area contributed by atoms with Gasteiger partial charge in [0.05, 0.1) is 0 Å². The van der Waals surface area contributed by atoms with Gasteiger partial charge in [-0.05, 0) is 31.2 Å². The molecule has 160 valence electrons. The normalized spacial score (nSPS) is 18.0. The molecule has 1 amide bonds. The van der Waals surface area contributed by atoms with Crippen LogP contribution < -0.4 is 10.6 Å². The van der Waals surface area contributed by atoms with Gasteiger partial charge in [-0.2, -0.15) is 0 Å². The predicted molar refractivity (Wildman–Crippen MR) is 119 cm³/mol. The molecule has 2 N–H and O–H groups in total. The van der Waals surface area contributed by atoms with Gasteiger partial charge in [0.25, 0.3) is 0 Å². The second-order valence-corrected chi connectivity index (χ2v) is 8.23. The lowest BCUT2D eigenvalue weighted by Crippen LogP contribution is -2.38. The van der Waals surface area contributed by atoms with Gasteiger partial charge in [0.2, 0.25) is 5.91 Å². The van der Waals surface area contributed by atoms with Crippen LogP contribution in [0.15, 0.2) is 42.7 Å². The Morgan fingerprint density at radius 2 is 1.83 bits per heavy atom. The van der Waals surface area contributed by atoms with Gasteiger partial charge in [-0.15, -0.1) is 0 Å². The zero-order valence-corrected chi connectivity index (χ0v) is 17.6. The molecule has 0 bridgehead atoms. The molecule has 0 radical (unpaired) electrons. The van der Waals surface area contributed by atoms with Crippen molar-refractivity contribution >= 4 is 17.5 Å². The van der Waals surface area contributed by atoms with E-state index in [4.69, 9.17) is 0 Å². The van der Waals surface area contributed by atoms with Crippen LogP contribution in [0.3, 0.4) is 0 Å². The maximum Gasteiger partial charge on any atom is 0.222 e. The van der Waals surface area contributed by atoms with E-state index in [0.717, 1.165) is 76.6 Å². The summed E-state index contributed by atoms with van der Waals surface area (Å²) in [5, 5.41) is 6.93. The third kappa shape index (κ3) is 5.92. The van der Waals surface area contributed by atoms with E-state index < -0.39 is 0 Å². The van der Waals surface area contributed by atoms with Crippen molar-refractivity contribution in [3.8, 4) is 0 Å². The number of nitrogens with zero attached hydrogens (tertiary/aromatic N) is 4. The molecule has 0 unspecified atom stereocenters. The number of hydrogen-bond acceptors (Lipinski definition) is 6. The summed E-state index contributed by atoms with van der Waals surface area (Å²) in [6, 6.07) is 13.1. The van der Waals surface area contributed by atoms with E-state index in [9.17, 15) is 4.79 Å². The number of anilines is 2. The summed E-state index contributed by atoms with van der Waals surface area (Å²) in [6.45, 7) is 5.75. The average molecular weight is 409 g/mol. The van der Waals surface area contributed by atoms with Gasteiger partial charge in [0.1, 0.15) is 18.0 Å². The summed E-state index contributed by atoms with van der Waals surface area (Å²) >= 11 is 0. The Morgan fingerprint density at radius 3 is 2.60 bits per heavy atom. The second-order valence-electron chi connectivity index (χ2n) is 8.23. The molecule has 1 aromatic carbocycles. The number of nitrogens with one attached hydrogen (secondary N) is 2. The SMILES string of the molecule is O=C1CCCN1CCCNc1cc(NC2CCN(Cc3ccccc3)CC2)ncn1. The minimum Gasteiger partial charge on any atom is -0.370 e. The fraction of sp³-hybridized carbons (Fsp3) is 0.522. The first-order chi connectivity index (χ1) is 14.8. The van der Waals surface area contributed by atoms with Crippen molar-refractivity contribution in [3.05, 3.63) is 48.3 Å². The maximum atomic E-state index is 11.7. The minimum atomic E-state index is 0.290. The monoisotopic (exact) mass is 408 g/mol. The molecule has 30 heavy (non-hydrogen) atoms. The van der Waals surface area contributed by atoms with Crippen LogP contribution in [-0.4, -0.2) is 64.4 Å². The van der Waals surface area contributed by atoms with Crippen molar-refractivity contribution in [2.24, 2.45) is 0 Å². The quantitative estimate of drug-likeness (QED) is 0.622. The molecule has 0 atom stereocenters. The first-order valence-corrected chi connectivity index (χ1v) is 11.1. The molecule has 7 heteroatoms. The van der Waals surface area contributed by atoms with Crippen LogP contribution in [0.2, 0.25) is 0 Å². The Bertz CT molecular complexity index is 806. The highest BCUT2D eigenvalue weighted by Crippen LogP contribution is 2.18. The lowest BCUT2D eigenvalue weighted by atomic mass is 10.0. The molecule has 0 spiro atoms. The zero-order chi connectivity index (χ0) is 20.6. The van der Waals surface area contributed by atoms with Crippen molar-refractivity contribution in [2.45, 2.75) is 44.7 Å². The van der Waals surface area contributed by atoms with Gasteiger partial charge in [-0.25, -0.2) is 9.97 Å². The van der Waals surface area contributed by atoms with Gasteiger partial charge in [0.15, 0.2) is 0 Å². The van der Waals surface area contributed by atoms with Crippen LogP contribution in [0.4, 0.5) is 11.6 Å². The molecule has 4 rings (SSSR count). The molecule has 0 saturated carbocycles. The second kappa shape index (κ2) is 10.4. The Morgan fingerprint density at radius 1 is 1.03 bits per heavy atom. The zero-order valence-electron chi connectivity index (χ0n) is 17.6. The van der Waals surface area contributed by atoms with Gasteiger partial charge >= 0.3 is 0 Å². The first kappa shape index (κ1) is 20.6. The van der Waals surface area contributed by atoms with Gasteiger partial charge in [-0.1, -0.05) is 30.3 Å². The lowest BCUT2D eigenvalue weighted by molar-refractivity contribution is -0.127. The smallest absolute Gasteiger partial charge is 0.222 e. The van der Waals surface area contributed by atoms with Crippen LogP contribution in [0.1, 0.15) is 37.7 Å². The van der Waals surface area contributed by atoms with Gasteiger partial charge in [-0.3, -0.25) is 9.69 Å². The van der Waals surface area contributed by atoms with Crippen molar-refractivity contribution in [1.82, 2.24) is 19.8 Å². The van der Waals surface area contributed by atoms with E-state index in [1.165, 1.54) is 5.56 Å². The molecule has 2 aliphatic heterocycles. The number of carbonyl (C=O) groups excluding carboxylic acids is 1. The van der Waals surface area contributed by atoms with Crippen molar-refractivity contribution in [3.63, 3.8) is 0 Å². The van der Waals surface area contributed by atoms with Crippen molar-refractivity contribution < 1.29 is 4.79 Å². The summed E-state index contributed by atoms with van der Waals surface area (Å²) in [6.07, 6.45) is 6.47. The largest absolute Gasteiger partial charge is 0.370 e. The van der Waals surface area contributed by atoms with Crippen LogP contribution >= 0.6 is 0 Å². The molecule has 0 aliphatic carbocycles. The highest BCUT2D eigenvalue weighted by Gasteiger charge is 2.20. The van der Waals surface area contributed by atoms with E-state index >= 15 is 0 Å². The summed E-state index contributed by atoms with van der Waals surface area (Å²) in [4.78, 5) is 24.9. The summed E-state index contributed by atoms with van der Waals surface area (Å²) in [7, 11) is 0. The van der Waals surface area contributed by atoms with Crippen molar-refractivity contribution in [2.75, 3.05) is 43.4 Å². The molecule has 2 aromatic rings. The molecule has 2 fully saturated rings. The first-order valence-electron chi connectivity index (χ1n) is 11.1. The van der Waals surface area contributed by atoms with Crippen molar-refractivity contribution in [1.29, 1.82) is 0 Å². The lowest BCUT2D eigenvalue weighted by Gasteiger charge is -2.32. The van der Waals surface area contributed by atoms with Gasteiger partial charge < -0.3 is 15.5 Å². The molecular formula is C23H32N6O. The molecule has 3 heterocycles. The number of hydrogen-bond donors (Lipinski definition) is 2. The topological polar surface area (TPSA) is 73.4 Å². The van der Waals surface area contributed by atoms with E-state index in [1.807, 2.05) is 11.0 Å². The van der Waals surface area contributed by atoms with Gasteiger partial charge in [0, 0.05) is 57.8 Å². The average Bonchev–Trinajstić information content (AvgIpc) is 3.18. The Balaban J connectivity index is 1.17. The summed E-state index contributed by atoms with van der Waals surface area (Å²) < 4.78 is 0. The van der Waals surface area contributed by atoms with E-state index in [2.05, 4.69) is 55.8 Å². The Labute approximate surface area is 178 Å². The molecule has 7 nitrogen and oxygen atoms in total. The molecular weight excluding hydrogens is 376 g/mol. The van der Waals surface area contributed by atoms with E-state index in [0.29, 0.717) is 18.4 Å². The third-order valence-electron chi connectivity index (χ3n) is 5.94. The number of benzene rings is 1. The van der Waals surface area contributed by atoms with Crippen LogP contribution in [0.5, 0.6) is 0 Å². The fourth-order valence-electron chi connectivity index (χ4n) is 4.25. The standard InChI is InChI=1S/C23H32N6O/c30-23-8-4-12-29(23)13-5-11-24-21-16-22(26-18-25-21)27-20-9-14-28(15-10-20)17-19-6-2-1-3-7-19/h1-3,6-7,16,18,20H,4-5,8-15,17H2,(H2,24,25,26,27). The minimum absolute atomic E-state index is 0.290. The van der Waals surface area contributed by atoms with Crippen LogP contribution in [0, 0.1) is 0 Å². The number of amides is 1. The van der Waals surface area contributed by atoms with E-state index in [1.54, 1.807) is 6.33 Å². The highest BCUT2D eigenvalue weighted by atomic mass is 16.2. The van der Waals surface area contributed by atoms with E-state index in [-0.39, 0.29) is 0 Å². The predicted octanol–water partition coefficient (Wildman–Crippen LogP) is 2.98. The summed E-state index contributed by atoms with van der Waals surface area (Å²) in [5.74, 6) is 2.00. The molecule has 2 aliphatic rings. The highest BCUT2D eigenvalue weighted by molar-refractivity contribution is 5.78. The number of aromatic nitrogens is 2. The Kier molecular flexibility index (Phi) is 7.13.